The average molecular weight is 238 g/mol. The van der Waals surface area contributed by atoms with Crippen molar-refractivity contribution >= 4 is 17.5 Å². The van der Waals surface area contributed by atoms with Crippen LogP contribution in [0.5, 0.6) is 5.75 Å². The quantitative estimate of drug-likeness (QED) is 0.780. The Labute approximate surface area is 96.6 Å². The molecule has 0 saturated carbocycles. The molecule has 17 heavy (non-hydrogen) atoms. The summed E-state index contributed by atoms with van der Waals surface area (Å²) in [7, 11) is 0. The van der Waals surface area contributed by atoms with Gasteiger partial charge >= 0.3 is 0 Å². The first kappa shape index (κ1) is 11.4. The van der Waals surface area contributed by atoms with Gasteiger partial charge in [-0.1, -0.05) is 0 Å². The SMILES string of the molecule is NC(=O)C1CC(=O)N(c2ccc(O)cc2F)C1. The van der Waals surface area contributed by atoms with Crippen LogP contribution in [0.4, 0.5) is 10.1 Å². The first-order valence-electron chi connectivity index (χ1n) is 5.07. The number of hydrogen-bond acceptors (Lipinski definition) is 3. The van der Waals surface area contributed by atoms with Crippen LogP contribution < -0.4 is 10.6 Å². The van der Waals surface area contributed by atoms with Crippen molar-refractivity contribution in [1.82, 2.24) is 0 Å². The van der Waals surface area contributed by atoms with Crippen LogP contribution >= 0.6 is 0 Å². The minimum atomic E-state index is -0.705. The summed E-state index contributed by atoms with van der Waals surface area (Å²) in [5, 5.41) is 9.07. The van der Waals surface area contributed by atoms with Gasteiger partial charge in [-0.2, -0.15) is 0 Å². The number of carbonyl (C=O) groups is 2. The lowest BCUT2D eigenvalue weighted by atomic mass is 10.1. The summed E-state index contributed by atoms with van der Waals surface area (Å²) in [5.41, 5.74) is 5.16. The number of hydrogen-bond donors (Lipinski definition) is 2. The zero-order valence-corrected chi connectivity index (χ0v) is 8.89. The minimum absolute atomic E-state index is 0.00432. The smallest absolute Gasteiger partial charge is 0.227 e. The van der Waals surface area contributed by atoms with Crippen LogP contribution in [0.2, 0.25) is 0 Å². The molecule has 0 aliphatic carbocycles. The summed E-state index contributed by atoms with van der Waals surface area (Å²) >= 11 is 0. The fourth-order valence-corrected chi connectivity index (χ4v) is 1.85. The molecule has 0 bridgehead atoms. The summed E-state index contributed by atoms with van der Waals surface area (Å²) in [5.74, 6) is -2.43. The van der Waals surface area contributed by atoms with Gasteiger partial charge in [0.2, 0.25) is 11.8 Å². The molecule has 3 N–H and O–H groups in total. The van der Waals surface area contributed by atoms with Gasteiger partial charge in [0.05, 0.1) is 11.6 Å². The van der Waals surface area contributed by atoms with Crippen molar-refractivity contribution < 1.29 is 19.1 Å². The van der Waals surface area contributed by atoms with Crippen molar-refractivity contribution in [2.45, 2.75) is 6.42 Å². The predicted molar refractivity (Wildman–Crippen MR) is 57.7 cm³/mol. The van der Waals surface area contributed by atoms with Gasteiger partial charge in [-0.3, -0.25) is 9.59 Å². The fraction of sp³-hybridized carbons (Fsp3) is 0.273. The van der Waals surface area contributed by atoms with E-state index >= 15 is 0 Å². The Morgan fingerprint density at radius 1 is 1.53 bits per heavy atom. The number of phenolic OH excluding ortho intramolecular Hbond substituents is 1. The molecular weight excluding hydrogens is 227 g/mol. The van der Waals surface area contributed by atoms with E-state index in [-0.39, 0.29) is 30.3 Å². The molecular formula is C11H11FN2O3. The van der Waals surface area contributed by atoms with Crippen LogP contribution in [0.15, 0.2) is 18.2 Å². The molecule has 1 heterocycles. The van der Waals surface area contributed by atoms with E-state index < -0.39 is 17.6 Å². The molecule has 1 unspecified atom stereocenters. The molecule has 1 aliphatic rings. The Morgan fingerprint density at radius 2 is 2.24 bits per heavy atom. The van der Waals surface area contributed by atoms with Crippen LogP contribution in [0, 0.1) is 11.7 Å². The Hall–Kier alpha value is -2.11. The number of benzene rings is 1. The molecule has 2 rings (SSSR count). The molecule has 1 aromatic rings. The molecule has 0 radical (unpaired) electrons. The number of nitrogens with two attached hydrogens (primary N) is 1. The molecule has 1 atom stereocenters. The van der Waals surface area contributed by atoms with E-state index in [4.69, 9.17) is 10.8 Å². The number of primary amides is 1. The summed E-state index contributed by atoms with van der Waals surface area (Å²) in [6.45, 7) is 0.0792. The maximum absolute atomic E-state index is 13.5. The summed E-state index contributed by atoms with van der Waals surface area (Å²) < 4.78 is 13.5. The van der Waals surface area contributed by atoms with Gasteiger partial charge in [0.15, 0.2) is 5.82 Å². The number of phenols is 1. The second-order valence-electron chi connectivity index (χ2n) is 3.94. The lowest BCUT2D eigenvalue weighted by Crippen LogP contribution is -2.28. The number of rotatable bonds is 2. The summed E-state index contributed by atoms with van der Waals surface area (Å²) in [6.07, 6.45) is -0.00432. The lowest BCUT2D eigenvalue weighted by molar-refractivity contribution is -0.123. The molecule has 1 fully saturated rings. The highest BCUT2D eigenvalue weighted by molar-refractivity contribution is 6.00. The van der Waals surface area contributed by atoms with E-state index in [1.165, 1.54) is 17.0 Å². The third-order valence-electron chi connectivity index (χ3n) is 2.75. The molecule has 0 aromatic heterocycles. The highest BCUT2D eigenvalue weighted by Crippen LogP contribution is 2.29. The zero-order valence-electron chi connectivity index (χ0n) is 8.89. The van der Waals surface area contributed by atoms with Gasteiger partial charge in [-0.15, -0.1) is 0 Å². The van der Waals surface area contributed by atoms with Crippen LogP contribution in [-0.4, -0.2) is 23.5 Å². The van der Waals surface area contributed by atoms with Crippen molar-refractivity contribution in [2.24, 2.45) is 11.7 Å². The number of amides is 2. The molecule has 1 aliphatic heterocycles. The van der Waals surface area contributed by atoms with Crippen molar-refractivity contribution in [2.75, 3.05) is 11.4 Å². The van der Waals surface area contributed by atoms with E-state index in [0.717, 1.165) is 6.07 Å². The number of nitrogens with zero attached hydrogens (tertiary/aromatic N) is 1. The molecule has 2 amide bonds. The van der Waals surface area contributed by atoms with Crippen molar-refractivity contribution in [3.8, 4) is 5.75 Å². The number of anilines is 1. The van der Waals surface area contributed by atoms with Crippen molar-refractivity contribution in [3.63, 3.8) is 0 Å². The standard InChI is InChI=1S/C11H11FN2O3/c12-8-4-7(15)1-2-9(8)14-5-6(11(13)17)3-10(14)16/h1-2,4,6,15H,3,5H2,(H2,13,17). The van der Waals surface area contributed by atoms with Crippen LogP contribution in [0.1, 0.15) is 6.42 Å². The van der Waals surface area contributed by atoms with Gasteiger partial charge in [0, 0.05) is 19.0 Å². The van der Waals surface area contributed by atoms with Crippen LogP contribution in [-0.2, 0) is 9.59 Å². The van der Waals surface area contributed by atoms with Gasteiger partial charge in [0.25, 0.3) is 0 Å². The molecule has 1 aromatic carbocycles. The molecule has 90 valence electrons. The Bertz CT molecular complexity index is 490. The topological polar surface area (TPSA) is 83.6 Å². The van der Waals surface area contributed by atoms with Crippen molar-refractivity contribution in [1.29, 1.82) is 0 Å². The van der Waals surface area contributed by atoms with Gasteiger partial charge < -0.3 is 15.7 Å². The van der Waals surface area contributed by atoms with Gasteiger partial charge in [-0.05, 0) is 12.1 Å². The normalized spacial score (nSPS) is 19.7. The number of halogens is 1. The van der Waals surface area contributed by atoms with Crippen LogP contribution in [0.25, 0.3) is 0 Å². The zero-order chi connectivity index (χ0) is 12.6. The largest absolute Gasteiger partial charge is 0.508 e. The van der Waals surface area contributed by atoms with Gasteiger partial charge in [-0.25, -0.2) is 4.39 Å². The number of aromatic hydroxyl groups is 1. The molecule has 1 saturated heterocycles. The maximum atomic E-state index is 13.5. The highest BCUT2D eigenvalue weighted by Gasteiger charge is 2.35. The molecule has 5 nitrogen and oxygen atoms in total. The maximum Gasteiger partial charge on any atom is 0.227 e. The second-order valence-corrected chi connectivity index (χ2v) is 3.94. The summed E-state index contributed by atoms with van der Waals surface area (Å²) in [4.78, 5) is 23.8. The Kier molecular flexibility index (Phi) is 2.71. The van der Waals surface area contributed by atoms with E-state index in [1.807, 2.05) is 0 Å². The Morgan fingerprint density at radius 3 is 2.76 bits per heavy atom. The lowest BCUT2D eigenvalue weighted by Gasteiger charge is -2.16. The highest BCUT2D eigenvalue weighted by atomic mass is 19.1. The average Bonchev–Trinajstić information content (AvgIpc) is 2.61. The predicted octanol–water partition coefficient (Wildman–Crippen LogP) is 0.369. The summed E-state index contributed by atoms with van der Waals surface area (Å²) in [6, 6.07) is 3.50. The third-order valence-corrected chi connectivity index (χ3v) is 2.75. The monoisotopic (exact) mass is 238 g/mol. The van der Waals surface area contributed by atoms with E-state index in [0.29, 0.717) is 0 Å². The van der Waals surface area contributed by atoms with E-state index in [9.17, 15) is 14.0 Å². The third kappa shape index (κ3) is 2.06. The van der Waals surface area contributed by atoms with E-state index in [1.54, 1.807) is 0 Å². The Balaban J connectivity index is 2.29. The fourth-order valence-electron chi connectivity index (χ4n) is 1.85. The van der Waals surface area contributed by atoms with Crippen molar-refractivity contribution in [3.05, 3.63) is 24.0 Å². The molecule has 0 spiro atoms. The first-order valence-corrected chi connectivity index (χ1v) is 5.07. The first-order chi connectivity index (χ1) is 7.99. The van der Waals surface area contributed by atoms with E-state index in [2.05, 4.69) is 0 Å². The van der Waals surface area contributed by atoms with Crippen LogP contribution in [0.3, 0.4) is 0 Å². The molecule has 6 heteroatoms. The number of carbonyl (C=O) groups excluding carboxylic acids is 2. The second kappa shape index (κ2) is 4.04. The minimum Gasteiger partial charge on any atom is -0.508 e. The van der Waals surface area contributed by atoms with Gasteiger partial charge in [0.1, 0.15) is 5.75 Å².